The van der Waals surface area contributed by atoms with Crippen molar-refractivity contribution in [2.45, 2.75) is 24.9 Å². The number of nitrogens with zero attached hydrogens (tertiary/aromatic N) is 8. The van der Waals surface area contributed by atoms with Crippen LogP contribution in [0.15, 0.2) is 60.0 Å². The van der Waals surface area contributed by atoms with Crippen molar-refractivity contribution in [3.05, 3.63) is 82.2 Å². The highest BCUT2D eigenvalue weighted by atomic mass is 19.1. The van der Waals surface area contributed by atoms with E-state index < -0.39 is 6.04 Å². The number of hydrogen-bond donors (Lipinski definition) is 0. The first-order chi connectivity index (χ1) is 15.6. The van der Waals surface area contributed by atoms with Crippen molar-refractivity contribution in [2.24, 2.45) is 5.11 Å². The minimum Gasteiger partial charge on any atom is -0.493 e. The minimum atomic E-state index is -0.488. The SMILES string of the molecule is [N-]=[N+]=N[C@@H](COc1ccc(C(=O)N2CC[C@H](c3ccc(F)cc3)C2)cc1)Cn1cnnn1. The lowest BCUT2D eigenvalue weighted by atomic mass is 9.99. The Balaban J connectivity index is 1.32. The Labute approximate surface area is 183 Å². The molecule has 0 radical (unpaired) electrons. The van der Waals surface area contributed by atoms with Gasteiger partial charge in [-0.2, -0.15) is 0 Å². The molecular weight excluding hydrogens is 415 g/mol. The summed E-state index contributed by atoms with van der Waals surface area (Å²) < 4.78 is 20.3. The predicted molar refractivity (Wildman–Crippen MR) is 112 cm³/mol. The van der Waals surface area contributed by atoms with Crippen molar-refractivity contribution in [3.8, 4) is 5.75 Å². The molecular formula is C21H21FN8O2. The average molecular weight is 436 g/mol. The first-order valence-electron chi connectivity index (χ1n) is 10.1. The molecule has 1 fully saturated rings. The lowest BCUT2D eigenvalue weighted by Crippen LogP contribution is -2.28. The van der Waals surface area contributed by atoms with Gasteiger partial charge in [-0.05, 0) is 64.3 Å². The van der Waals surface area contributed by atoms with E-state index in [9.17, 15) is 9.18 Å². The Bertz CT molecular complexity index is 1080. The molecule has 0 spiro atoms. The van der Waals surface area contributed by atoms with E-state index in [1.807, 2.05) is 4.90 Å². The summed E-state index contributed by atoms with van der Waals surface area (Å²) >= 11 is 0. The van der Waals surface area contributed by atoms with Crippen molar-refractivity contribution >= 4 is 5.91 Å². The first-order valence-corrected chi connectivity index (χ1v) is 10.1. The Morgan fingerprint density at radius 3 is 2.72 bits per heavy atom. The molecule has 2 atom stereocenters. The van der Waals surface area contributed by atoms with Crippen LogP contribution in [0.4, 0.5) is 4.39 Å². The van der Waals surface area contributed by atoms with Crippen LogP contribution in [-0.2, 0) is 6.54 Å². The standard InChI is InChI=1S/C21H21FN8O2/c22-18-5-1-15(2-6-18)17-9-10-29(11-17)21(31)16-3-7-20(8-4-16)32-13-19(25-26-23)12-30-14-24-27-28-30/h1-8,14,17,19H,9-13H2/t17-,19+/m0/s1. The third-order valence-corrected chi connectivity index (χ3v) is 5.36. The van der Waals surface area contributed by atoms with Crippen LogP contribution in [0.2, 0.25) is 0 Å². The van der Waals surface area contributed by atoms with Gasteiger partial charge in [0.1, 0.15) is 17.9 Å². The maximum absolute atomic E-state index is 13.1. The Morgan fingerprint density at radius 2 is 2.03 bits per heavy atom. The van der Waals surface area contributed by atoms with E-state index in [-0.39, 0.29) is 30.8 Å². The van der Waals surface area contributed by atoms with Crippen LogP contribution < -0.4 is 4.74 Å². The summed E-state index contributed by atoms with van der Waals surface area (Å²) in [5.41, 5.74) is 10.4. The number of benzene rings is 2. The van der Waals surface area contributed by atoms with Gasteiger partial charge in [0, 0.05) is 29.5 Å². The molecule has 11 heteroatoms. The van der Waals surface area contributed by atoms with Gasteiger partial charge in [0.05, 0.1) is 19.2 Å². The van der Waals surface area contributed by atoms with Gasteiger partial charge >= 0.3 is 0 Å². The number of tetrazole rings is 1. The fourth-order valence-electron chi connectivity index (χ4n) is 3.70. The number of aromatic nitrogens is 4. The highest BCUT2D eigenvalue weighted by molar-refractivity contribution is 5.94. The lowest BCUT2D eigenvalue weighted by molar-refractivity contribution is 0.0790. The highest BCUT2D eigenvalue weighted by Gasteiger charge is 2.28. The van der Waals surface area contributed by atoms with Gasteiger partial charge in [-0.1, -0.05) is 17.2 Å². The van der Waals surface area contributed by atoms with Gasteiger partial charge in [0.15, 0.2) is 0 Å². The van der Waals surface area contributed by atoms with Crippen molar-refractivity contribution in [3.63, 3.8) is 0 Å². The molecule has 32 heavy (non-hydrogen) atoms. The van der Waals surface area contributed by atoms with E-state index in [4.69, 9.17) is 10.3 Å². The van der Waals surface area contributed by atoms with E-state index in [1.165, 1.54) is 23.1 Å². The van der Waals surface area contributed by atoms with Crippen LogP contribution in [-0.4, -0.2) is 56.8 Å². The average Bonchev–Trinajstić information content (AvgIpc) is 3.50. The fraction of sp³-hybridized carbons (Fsp3) is 0.333. The minimum absolute atomic E-state index is 0.0493. The summed E-state index contributed by atoms with van der Waals surface area (Å²) in [5, 5.41) is 14.5. The summed E-state index contributed by atoms with van der Waals surface area (Å²) in [6.07, 6.45) is 2.28. The third kappa shape index (κ3) is 5.19. The molecule has 0 N–H and O–H groups in total. The molecule has 1 saturated heterocycles. The molecule has 2 heterocycles. The van der Waals surface area contributed by atoms with E-state index in [0.717, 1.165) is 12.0 Å². The monoisotopic (exact) mass is 436 g/mol. The Kier molecular flexibility index (Phi) is 6.57. The van der Waals surface area contributed by atoms with Crippen LogP contribution in [0.3, 0.4) is 0 Å². The molecule has 164 valence electrons. The largest absolute Gasteiger partial charge is 0.493 e. The van der Waals surface area contributed by atoms with Gasteiger partial charge in [-0.25, -0.2) is 9.07 Å². The third-order valence-electron chi connectivity index (χ3n) is 5.36. The molecule has 0 saturated carbocycles. The molecule has 1 amide bonds. The summed E-state index contributed by atoms with van der Waals surface area (Å²) in [4.78, 5) is 17.5. The summed E-state index contributed by atoms with van der Waals surface area (Å²) in [7, 11) is 0. The zero-order valence-electron chi connectivity index (χ0n) is 17.2. The molecule has 3 aromatic rings. The van der Waals surface area contributed by atoms with Crippen molar-refractivity contribution in [2.75, 3.05) is 19.7 Å². The van der Waals surface area contributed by atoms with Crippen LogP contribution >= 0.6 is 0 Å². The Morgan fingerprint density at radius 1 is 1.25 bits per heavy atom. The second-order valence-corrected chi connectivity index (χ2v) is 7.51. The summed E-state index contributed by atoms with van der Waals surface area (Å²) in [5.74, 6) is 0.455. The smallest absolute Gasteiger partial charge is 0.253 e. The number of carbonyl (C=O) groups excluding carboxylic acids is 1. The van der Waals surface area contributed by atoms with Crippen molar-refractivity contribution in [1.82, 2.24) is 25.1 Å². The lowest BCUT2D eigenvalue weighted by Gasteiger charge is -2.17. The number of likely N-dealkylation sites (tertiary alicyclic amines) is 1. The van der Waals surface area contributed by atoms with E-state index in [1.54, 1.807) is 36.4 Å². The number of azide groups is 1. The van der Waals surface area contributed by atoms with E-state index >= 15 is 0 Å². The second-order valence-electron chi connectivity index (χ2n) is 7.51. The van der Waals surface area contributed by atoms with E-state index in [0.29, 0.717) is 24.4 Å². The van der Waals surface area contributed by atoms with Crippen LogP contribution in [0.1, 0.15) is 28.3 Å². The van der Waals surface area contributed by atoms with Crippen molar-refractivity contribution < 1.29 is 13.9 Å². The molecule has 0 bridgehead atoms. The number of carbonyl (C=O) groups is 1. The van der Waals surface area contributed by atoms with Gasteiger partial charge in [0.2, 0.25) is 0 Å². The van der Waals surface area contributed by atoms with Gasteiger partial charge < -0.3 is 9.64 Å². The predicted octanol–water partition coefficient (Wildman–Crippen LogP) is 3.20. The molecule has 4 rings (SSSR count). The van der Waals surface area contributed by atoms with Gasteiger partial charge in [-0.15, -0.1) is 5.10 Å². The molecule has 0 unspecified atom stereocenters. The normalized spacial score (nSPS) is 16.4. The van der Waals surface area contributed by atoms with Crippen molar-refractivity contribution in [1.29, 1.82) is 0 Å². The number of amides is 1. The number of halogens is 1. The maximum Gasteiger partial charge on any atom is 0.253 e. The summed E-state index contributed by atoms with van der Waals surface area (Å²) in [6.45, 7) is 1.69. The zero-order valence-corrected chi connectivity index (χ0v) is 17.2. The number of hydrogen-bond acceptors (Lipinski definition) is 6. The molecule has 2 aromatic carbocycles. The molecule has 0 aliphatic carbocycles. The molecule has 10 nitrogen and oxygen atoms in total. The summed E-state index contributed by atoms with van der Waals surface area (Å²) in [6, 6.07) is 12.8. The quantitative estimate of drug-likeness (QED) is 0.305. The highest BCUT2D eigenvalue weighted by Crippen LogP contribution is 2.28. The van der Waals surface area contributed by atoms with Crippen LogP contribution in [0.5, 0.6) is 5.75 Å². The Hall–Kier alpha value is -3.98. The maximum atomic E-state index is 13.1. The van der Waals surface area contributed by atoms with Gasteiger partial charge in [0.25, 0.3) is 5.91 Å². The number of rotatable bonds is 8. The molecule has 1 aliphatic rings. The molecule has 1 aliphatic heterocycles. The van der Waals surface area contributed by atoms with Crippen LogP contribution in [0, 0.1) is 5.82 Å². The number of ether oxygens (including phenoxy) is 1. The zero-order chi connectivity index (χ0) is 22.3. The fourth-order valence-corrected chi connectivity index (χ4v) is 3.70. The van der Waals surface area contributed by atoms with E-state index in [2.05, 4.69) is 25.6 Å². The topological polar surface area (TPSA) is 122 Å². The van der Waals surface area contributed by atoms with Gasteiger partial charge in [-0.3, -0.25) is 4.79 Å². The molecule has 1 aromatic heterocycles. The van der Waals surface area contributed by atoms with Crippen LogP contribution in [0.25, 0.3) is 10.4 Å². The first kappa shape index (κ1) is 21.3. The second kappa shape index (κ2) is 9.88.